The lowest BCUT2D eigenvalue weighted by molar-refractivity contribution is 0.151. The fourth-order valence-corrected chi connectivity index (χ4v) is 2.00. The van der Waals surface area contributed by atoms with Gasteiger partial charge in [0.1, 0.15) is 0 Å². The van der Waals surface area contributed by atoms with Crippen LogP contribution in [0.1, 0.15) is 11.7 Å². The molecule has 0 saturated heterocycles. The van der Waals surface area contributed by atoms with Gasteiger partial charge in [0.05, 0.1) is 23.3 Å². The zero-order valence-corrected chi connectivity index (χ0v) is 11.5. The first-order valence-electron chi connectivity index (χ1n) is 4.76. The van der Waals surface area contributed by atoms with Gasteiger partial charge >= 0.3 is 0 Å². The average molecular weight is 346 g/mol. The van der Waals surface area contributed by atoms with Gasteiger partial charge in [-0.05, 0) is 33.6 Å². The molecule has 0 spiro atoms. The highest BCUT2D eigenvalue weighted by molar-refractivity contribution is 9.10. The molecule has 16 heavy (non-hydrogen) atoms. The summed E-state index contributed by atoms with van der Waals surface area (Å²) >= 11 is 6.68. The Labute approximate surface area is 110 Å². The molecule has 1 atom stereocenters. The summed E-state index contributed by atoms with van der Waals surface area (Å²) in [6.07, 6.45) is 3.00. The number of nitrogens with zero attached hydrogens (tertiary/aromatic N) is 2. The van der Waals surface area contributed by atoms with Crippen LogP contribution in [0.15, 0.2) is 45.6 Å². The maximum Gasteiger partial charge on any atom is 0.0985 e. The van der Waals surface area contributed by atoms with E-state index < -0.39 is 6.10 Å². The molecule has 0 saturated carbocycles. The Kier molecular flexibility index (Phi) is 3.78. The lowest BCUT2D eigenvalue weighted by atomic mass is 10.1. The monoisotopic (exact) mass is 344 g/mol. The number of aliphatic hydroxyl groups is 1. The van der Waals surface area contributed by atoms with Gasteiger partial charge in [0.15, 0.2) is 0 Å². The van der Waals surface area contributed by atoms with Crippen LogP contribution in [-0.2, 0) is 6.54 Å². The standard InChI is InChI=1S/C11H10Br2N2O/c12-9-3-1-8(2-4-9)11(16)7-15-6-10(13)5-14-15/h1-6,11,16H,7H2. The Morgan fingerprint density at radius 3 is 2.44 bits per heavy atom. The van der Waals surface area contributed by atoms with Gasteiger partial charge in [-0.25, -0.2) is 0 Å². The van der Waals surface area contributed by atoms with E-state index >= 15 is 0 Å². The van der Waals surface area contributed by atoms with Crippen molar-refractivity contribution in [1.82, 2.24) is 9.78 Å². The van der Waals surface area contributed by atoms with Gasteiger partial charge in [-0.2, -0.15) is 5.10 Å². The molecule has 1 aromatic heterocycles. The molecule has 0 aliphatic carbocycles. The zero-order valence-electron chi connectivity index (χ0n) is 8.35. The molecule has 5 heteroatoms. The number of benzene rings is 1. The van der Waals surface area contributed by atoms with Crippen LogP contribution in [0.3, 0.4) is 0 Å². The normalized spacial score (nSPS) is 12.7. The van der Waals surface area contributed by atoms with Gasteiger partial charge in [0.2, 0.25) is 0 Å². The Morgan fingerprint density at radius 1 is 1.19 bits per heavy atom. The van der Waals surface area contributed by atoms with Gasteiger partial charge in [0.25, 0.3) is 0 Å². The maximum absolute atomic E-state index is 9.98. The Hall–Kier alpha value is -0.650. The predicted octanol–water partition coefficient (Wildman–Crippen LogP) is 3.14. The van der Waals surface area contributed by atoms with E-state index in [9.17, 15) is 5.11 Å². The second-order valence-electron chi connectivity index (χ2n) is 3.45. The van der Waals surface area contributed by atoms with E-state index in [0.717, 1.165) is 14.5 Å². The van der Waals surface area contributed by atoms with Crippen LogP contribution in [-0.4, -0.2) is 14.9 Å². The maximum atomic E-state index is 9.98. The highest BCUT2D eigenvalue weighted by Gasteiger charge is 2.08. The smallest absolute Gasteiger partial charge is 0.0985 e. The molecule has 2 rings (SSSR count). The van der Waals surface area contributed by atoms with Crippen LogP contribution in [0.4, 0.5) is 0 Å². The van der Waals surface area contributed by atoms with E-state index in [0.29, 0.717) is 6.54 Å². The molecular weight excluding hydrogens is 336 g/mol. The first kappa shape index (κ1) is 11.8. The van der Waals surface area contributed by atoms with E-state index in [2.05, 4.69) is 37.0 Å². The van der Waals surface area contributed by atoms with Crippen molar-refractivity contribution in [3.05, 3.63) is 51.2 Å². The summed E-state index contributed by atoms with van der Waals surface area (Å²) in [5.41, 5.74) is 0.884. The third-order valence-electron chi connectivity index (χ3n) is 2.22. The summed E-state index contributed by atoms with van der Waals surface area (Å²) in [6, 6.07) is 7.62. The molecule has 2 aromatic rings. The fourth-order valence-electron chi connectivity index (χ4n) is 1.41. The van der Waals surface area contributed by atoms with E-state index in [1.54, 1.807) is 10.9 Å². The molecule has 1 heterocycles. The van der Waals surface area contributed by atoms with E-state index in [1.165, 1.54) is 0 Å². The topological polar surface area (TPSA) is 38.0 Å². The molecule has 0 fully saturated rings. The van der Waals surface area contributed by atoms with Crippen LogP contribution < -0.4 is 0 Å². The molecule has 1 N–H and O–H groups in total. The quantitative estimate of drug-likeness (QED) is 0.928. The highest BCUT2D eigenvalue weighted by Crippen LogP contribution is 2.18. The van der Waals surface area contributed by atoms with Gasteiger partial charge in [-0.1, -0.05) is 28.1 Å². The van der Waals surface area contributed by atoms with Crippen molar-refractivity contribution >= 4 is 31.9 Å². The van der Waals surface area contributed by atoms with E-state index in [4.69, 9.17) is 0 Å². The van der Waals surface area contributed by atoms with Crippen molar-refractivity contribution in [3.63, 3.8) is 0 Å². The van der Waals surface area contributed by atoms with Crippen LogP contribution in [0.25, 0.3) is 0 Å². The summed E-state index contributed by atoms with van der Waals surface area (Å²) in [7, 11) is 0. The first-order chi connectivity index (χ1) is 7.65. The molecule has 1 aromatic carbocycles. The predicted molar refractivity (Wildman–Crippen MR) is 69.0 cm³/mol. The Balaban J connectivity index is 2.08. The van der Waals surface area contributed by atoms with Crippen LogP contribution in [0, 0.1) is 0 Å². The molecular formula is C11H10Br2N2O. The summed E-state index contributed by atoms with van der Waals surface area (Å²) in [5.74, 6) is 0. The largest absolute Gasteiger partial charge is 0.386 e. The van der Waals surface area contributed by atoms with Crippen molar-refractivity contribution in [3.8, 4) is 0 Å². The fraction of sp³-hybridized carbons (Fsp3) is 0.182. The molecule has 0 bridgehead atoms. The molecule has 3 nitrogen and oxygen atoms in total. The van der Waals surface area contributed by atoms with Gasteiger partial charge in [-0.15, -0.1) is 0 Å². The number of rotatable bonds is 3. The molecule has 1 unspecified atom stereocenters. The van der Waals surface area contributed by atoms with Crippen LogP contribution in [0.2, 0.25) is 0 Å². The van der Waals surface area contributed by atoms with Crippen molar-refractivity contribution < 1.29 is 5.11 Å². The van der Waals surface area contributed by atoms with Crippen molar-refractivity contribution in [2.24, 2.45) is 0 Å². The SMILES string of the molecule is OC(Cn1cc(Br)cn1)c1ccc(Br)cc1. The van der Waals surface area contributed by atoms with Gasteiger partial charge < -0.3 is 5.11 Å². The summed E-state index contributed by atoms with van der Waals surface area (Å²) in [5, 5.41) is 14.1. The average Bonchev–Trinajstić information content (AvgIpc) is 2.65. The summed E-state index contributed by atoms with van der Waals surface area (Å²) in [4.78, 5) is 0. The number of aliphatic hydroxyl groups excluding tert-OH is 1. The van der Waals surface area contributed by atoms with Crippen molar-refractivity contribution in [1.29, 1.82) is 0 Å². The lowest BCUT2D eigenvalue weighted by Gasteiger charge is -2.10. The minimum Gasteiger partial charge on any atom is -0.386 e. The number of aromatic nitrogens is 2. The zero-order chi connectivity index (χ0) is 11.5. The first-order valence-corrected chi connectivity index (χ1v) is 6.35. The van der Waals surface area contributed by atoms with Crippen molar-refractivity contribution in [2.45, 2.75) is 12.6 Å². The Morgan fingerprint density at radius 2 is 1.88 bits per heavy atom. The number of halogens is 2. The minimum atomic E-state index is -0.542. The van der Waals surface area contributed by atoms with Gasteiger partial charge in [0, 0.05) is 10.7 Å². The highest BCUT2D eigenvalue weighted by atomic mass is 79.9. The third kappa shape index (κ3) is 2.93. The summed E-state index contributed by atoms with van der Waals surface area (Å²) < 4.78 is 3.62. The Bertz CT molecular complexity index is 467. The van der Waals surface area contributed by atoms with Crippen LogP contribution in [0.5, 0.6) is 0 Å². The number of hydrogen-bond donors (Lipinski definition) is 1. The van der Waals surface area contributed by atoms with Crippen LogP contribution >= 0.6 is 31.9 Å². The molecule has 0 amide bonds. The third-order valence-corrected chi connectivity index (χ3v) is 3.15. The molecule has 84 valence electrons. The van der Waals surface area contributed by atoms with E-state index in [-0.39, 0.29) is 0 Å². The number of hydrogen-bond acceptors (Lipinski definition) is 2. The molecule has 0 aliphatic rings. The summed E-state index contributed by atoms with van der Waals surface area (Å²) in [6.45, 7) is 0.452. The second-order valence-corrected chi connectivity index (χ2v) is 5.28. The minimum absolute atomic E-state index is 0.452. The molecule has 0 radical (unpaired) electrons. The second kappa shape index (κ2) is 5.12. The van der Waals surface area contributed by atoms with E-state index in [1.807, 2.05) is 30.5 Å². The molecule has 0 aliphatic heterocycles. The van der Waals surface area contributed by atoms with Crippen molar-refractivity contribution in [2.75, 3.05) is 0 Å². The lowest BCUT2D eigenvalue weighted by Crippen LogP contribution is -2.08. The van der Waals surface area contributed by atoms with Gasteiger partial charge in [-0.3, -0.25) is 4.68 Å².